The minimum Gasteiger partial charge on any atom is -0.459 e. The van der Waals surface area contributed by atoms with E-state index in [1.54, 1.807) is 11.9 Å². The lowest BCUT2D eigenvalue weighted by molar-refractivity contribution is -0.162. The van der Waals surface area contributed by atoms with Gasteiger partial charge in [-0.2, -0.15) is 0 Å². The second-order valence-corrected chi connectivity index (χ2v) is 8.58. The monoisotopic (exact) mass is 389 g/mol. The molecule has 1 amide bonds. The lowest BCUT2D eigenvalue weighted by Crippen LogP contribution is -2.40. The van der Waals surface area contributed by atoms with E-state index < -0.39 is 17.5 Å². The van der Waals surface area contributed by atoms with Gasteiger partial charge in [0.15, 0.2) is 0 Å². The largest absolute Gasteiger partial charge is 0.459 e. The predicted octanol–water partition coefficient (Wildman–Crippen LogP) is 6.14. The Balaban J connectivity index is 2.64. The zero-order valence-electron chi connectivity index (χ0n) is 18.5. The third kappa shape index (κ3) is 9.38. The molecule has 1 aromatic rings. The molecule has 0 saturated heterocycles. The van der Waals surface area contributed by atoms with Gasteiger partial charge in [-0.05, 0) is 39.3 Å². The first-order chi connectivity index (χ1) is 13.3. The van der Waals surface area contributed by atoms with Crippen LogP contribution in [0.2, 0.25) is 0 Å². The number of hydrogen-bond donors (Lipinski definition) is 0. The summed E-state index contributed by atoms with van der Waals surface area (Å²) in [5, 5.41) is 0. The highest BCUT2D eigenvalue weighted by Gasteiger charge is 2.33. The highest BCUT2D eigenvalue weighted by molar-refractivity contribution is 6.05. The molecule has 0 spiro atoms. The maximum atomic E-state index is 13.0. The Morgan fingerprint density at radius 2 is 1.46 bits per heavy atom. The van der Waals surface area contributed by atoms with Gasteiger partial charge in [0.2, 0.25) is 5.91 Å². The van der Waals surface area contributed by atoms with Gasteiger partial charge in [0.1, 0.15) is 11.5 Å². The molecule has 0 bridgehead atoms. The number of nitrogens with zero attached hydrogens (tertiary/aromatic N) is 1. The molecule has 0 N–H and O–H groups in total. The Morgan fingerprint density at radius 1 is 0.929 bits per heavy atom. The molecule has 0 aliphatic carbocycles. The van der Waals surface area contributed by atoms with Gasteiger partial charge in [0.25, 0.3) is 0 Å². The maximum absolute atomic E-state index is 13.0. The van der Waals surface area contributed by atoms with Gasteiger partial charge in [-0.1, -0.05) is 76.5 Å². The average Bonchev–Trinajstić information content (AvgIpc) is 2.65. The summed E-state index contributed by atoms with van der Waals surface area (Å²) in [6, 6.07) is 9.44. The van der Waals surface area contributed by atoms with E-state index in [9.17, 15) is 9.59 Å². The maximum Gasteiger partial charge on any atom is 0.319 e. The van der Waals surface area contributed by atoms with Crippen LogP contribution in [-0.2, 0) is 14.3 Å². The van der Waals surface area contributed by atoms with Crippen molar-refractivity contribution in [2.75, 3.05) is 11.9 Å². The normalized spacial score (nSPS) is 12.5. The van der Waals surface area contributed by atoms with Crippen LogP contribution in [0.3, 0.4) is 0 Å². The summed E-state index contributed by atoms with van der Waals surface area (Å²) < 4.78 is 5.54. The second-order valence-electron chi connectivity index (χ2n) is 8.58. The average molecular weight is 390 g/mol. The number of carbonyl (C=O) groups is 2. The topological polar surface area (TPSA) is 46.6 Å². The lowest BCUT2D eigenvalue weighted by Gasteiger charge is -2.26. The molecule has 0 radical (unpaired) electrons. The van der Waals surface area contributed by atoms with Crippen LogP contribution >= 0.6 is 0 Å². The summed E-state index contributed by atoms with van der Waals surface area (Å²) in [4.78, 5) is 27.3. The van der Waals surface area contributed by atoms with E-state index in [0.717, 1.165) is 24.9 Å². The van der Waals surface area contributed by atoms with Crippen LogP contribution in [0.5, 0.6) is 0 Å². The Labute approximate surface area is 171 Å². The molecular formula is C24H39NO3. The van der Waals surface area contributed by atoms with E-state index in [-0.39, 0.29) is 5.91 Å². The predicted molar refractivity (Wildman–Crippen MR) is 116 cm³/mol. The Bertz CT molecular complexity index is 577. The van der Waals surface area contributed by atoms with Gasteiger partial charge in [-0.3, -0.25) is 9.59 Å². The number of anilines is 1. The summed E-state index contributed by atoms with van der Waals surface area (Å²) in [5.41, 5.74) is 0.192. The van der Waals surface area contributed by atoms with Gasteiger partial charge in [0.05, 0.1) is 0 Å². The quantitative estimate of drug-likeness (QED) is 0.245. The number of amides is 1. The lowest BCUT2D eigenvalue weighted by atomic mass is 9.98. The van der Waals surface area contributed by atoms with Crippen molar-refractivity contribution in [2.24, 2.45) is 5.92 Å². The van der Waals surface area contributed by atoms with Crippen molar-refractivity contribution in [1.82, 2.24) is 0 Å². The Kier molecular flexibility index (Phi) is 10.9. The van der Waals surface area contributed by atoms with Crippen molar-refractivity contribution in [2.45, 2.75) is 91.1 Å². The van der Waals surface area contributed by atoms with E-state index in [4.69, 9.17) is 4.74 Å². The number of benzene rings is 1. The number of carbonyl (C=O) groups excluding carboxylic acids is 2. The SMILES string of the molecule is CCCCCCCCCCC(C(=O)OC(C)(C)C)C(=O)N(C)c1ccccc1. The summed E-state index contributed by atoms with van der Waals surface area (Å²) >= 11 is 0. The molecule has 0 fully saturated rings. The van der Waals surface area contributed by atoms with Gasteiger partial charge in [0, 0.05) is 12.7 Å². The summed E-state index contributed by atoms with van der Waals surface area (Å²) in [6.45, 7) is 7.73. The first kappa shape index (κ1) is 24.2. The zero-order valence-corrected chi connectivity index (χ0v) is 18.5. The van der Waals surface area contributed by atoms with E-state index in [0.29, 0.717) is 6.42 Å². The molecule has 4 nitrogen and oxygen atoms in total. The number of ether oxygens (including phenoxy) is 1. The first-order valence-electron chi connectivity index (χ1n) is 10.8. The molecular weight excluding hydrogens is 350 g/mol. The number of rotatable bonds is 12. The van der Waals surface area contributed by atoms with E-state index in [1.165, 1.54) is 32.1 Å². The van der Waals surface area contributed by atoms with Gasteiger partial charge < -0.3 is 9.64 Å². The van der Waals surface area contributed by atoms with E-state index in [2.05, 4.69) is 6.92 Å². The number of para-hydroxylation sites is 1. The molecule has 158 valence electrons. The number of unbranched alkanes of at least 4 members (excludes halogenated alkanes) is 7. The van der Waals surface area contributed by atoms with Crippen LogP contribution in [-0.4, -0.2) is 24.5 Å². The highest BCUT2D eigenvalue weighted by atomic mass is 16.6. The van der Waals surface area contributed by atoms with Crippen molar-refractivity contribution in [1.29, 1.82) is 0 Å². The standard InChI is InChI=1S/C24H39NO3/c1-6-7-8-9-10-11-12-16-19-21(23(27)28-24(2,3)4)22(26)25(5)20-17-14-13-15-18-20/h13-15,17-18,21H,6-12,16,19H2,1-5H3. The van der Waals surface area contributed by atoms with E-state index in [1.807, 2.05) is 51.1 Å². The molecule has 1 unspecified atom stereocenters. The van der Waals surface area contributed by atoms with Crippen molar-refractivity contribution < 1.29 is 14.3 Å². The van der Waals surface area contributed by atoms with Crippen molar-refractivity contribution in [3.63, 3.8) is 0 Å². The molecule has 0 heterocycles. The number of esters is 1. The Hall–Kier alpha value is -1.84. The molecule has 0 saturated carbocycles. The van der Waals surface area contributed by atoms with Crippen LogP contribution < -0.4 is 4.90 Å². The van der Waals surface area contributed by atoms with Crippen LogP contribution in [0.1, 0.15) is 85.5 Å². The smallest absolute Gasteiger partial charge is 0.319 e. The number of hydrogen-bond acceptors (Lipinski definition) is 3. The highest BCUT2D eigenvalue weighted by Crippen LogP contribution is 2.22. The van der Waals surface area contributed by atoms with Crippen LogP contribution in [0.15, 0.2) is 30.3 Å². The van der Waals surface area contributed by atoms with Crippen LogP contribution in [0, 0.1) is 5.92 Å². The van der Waals surface area contributed by atoms with Crippen LogP contribution in [0.4, 0.5) is 5.69 Å². The molecule has 0 aromatic heterocycles. The van der Waals surface area contributed by atoms with Crippen molar-refractivity contribution >= 4 is 17.6 Å². The van der Waals surface area contributed by atoms with Crippen LogP contribution in [0.25, 0.3) is 0 Å². The minimum absolute atomic E-state index is 0.191. The molecule has 4 heteroatoms. The first-order valence-corrected chi connectivity index (χ1v) is 10.8. The Morgan fingerprint density at radius 3 is 2.00 bits per heavy atom. The van der Waals surface area contributed by atoms with Gasteiger partial charge in [-0.25, -0.2) is 0 Å². The minimum atomic E-state index is -0.746. The van der Waals surface area contributed by atoms with Crippen molar-refractivity contribution in [3.05, 3.63) is 30.3 Å². The fourth-order valence-corrected chi connectivity index (χ4v) is 3.21. The van der Waals surface area contributed by atoms with Crippen molar-refractivity contribution in [3.8, 4) is 0 Å². The molecule has 1 atom stereocenters. The molecule has 1 rings (SSSR count). The zero-order chi connectivity index (χ0) is 21.0. The third-order valence-corrected chi connectivity index (χ3v) is 4.81. The van der Waals surface area contributed by atoms with Gasteiger partial charge in [-0.15, -0.1) is 0 Å². The molecule has 0 aliphatic rings. The summed E-state index contributed by atoms with van der Waals surface area (Å²) in [5.74, 6) is -1.35. The fourth-order valence-electron chi connectivity index (χ4n) is 3.21. The molecule has 28 heavy (non-hydrogen) atoms. The third-order valence-electron chi connectivity index (χ3n) is 4.81. The molecule has 0 aliphatic heterocycles. The summed E-state index contributed by atoms with van der Waals surface area (Å²) in [7, 11) is 1.72. The van der Waals surface area contributed by atoms with E-state index >= 15 is 0 Å². The second kappa shape index (κ2) is 12.6. The fraction of sp³-hybridized carbons (Fsp3) is 0.667. The molecule has 1 aromatic carbocycles. The van der Waals surface area contributed by atoms with Gasteiger partial charge >= 0.3 is 5.97 Å². The summed E-state index contributed by atoms with van der Waals surface area (Å²) in [6.07, 6.45) is 9.99.